The van der Waals surface area contributed by atoms with E-state index in [2.05, 4.69) is 11.9 Å². The number of benzene rings is 1. The number of halogens is 1. The van der Waals surface area contributed by atoms with Crippen LogP contribution in [0.2, 0.25) is 0 Å². The van der Waals surface area contributed by atoms with Gasteiger partial charge in [0.2, 0.25) is 5.95 Å². The number of nitrogens with zero attached hydrogens (tertiary/aromatic N) is 2. The second-order valence-corrected chi connectivity index (χ2v) is 4.25. The van der Waals surface area contributed by atoms with E-state index in [4.69, 9.17) is 5.73 Å². The van der Waals surface area contributed by atoms with Crippen LogP contribution in [0.5, 0.6) is 0 Å². The van der Waals surface area contributed by atoms with E-state index < -0.39 is 0 Å². The van der Waals surface area contributed by atoms with Crippen molar-refractivity contribution >= 4 is 17.0 Å². The second kappa shape index (κ2) is 2.72. The Morgan fingerprint density at radius 2 is 2.27 bits per heavy atom. The first-order valence-electron chi connectivity index (χ1n) is 5.10. The molecule has 1 saturated carbocycles. The molecule has 0 radical (unpaired) electrons. The smallest absolute Gasteiger partial charge is 0.201 e. The average Bonchev–Trinajstić information content (AvgIpc) is 2.78. The van der Waals surface area contributed by atoms with Gasteiger partial charge in [0.15, 0.2) is 0 Å². The number of aromatic nitrogens is 2. The molecule has 0 saturated heterocycles. The summed E-state index contributed by atoms with van der Waals surface area (Å²) in [5.74, 6) is 0.870. The molecular formula is C11H12FN3. The van der Waals surface area contributed by atoms with E-state index >= 15 is 0 Å². The van der Waals surface area contributed by atoms with Gasteiger partial charge in [0.05, 0.1) is 11.0 Å². The molecule has 1 aromatic carbocycles. The second-order valence-electron chi connectivity index (χ2n) is 4.25. The Hall–Kier alpha value is -1.58. The minimum atomic E-state index is -0.239. The van der Waals surface area contributed by atoms with Crippen LogP contribution in [0.25, 0.3) is 11.0 Å². The summed E-state index contributed by atoms with van der Waals surface area (Å²) in [6.45, 7) is 2.16. The van der Waals surface area contributed by atoms with Crippen molar-refractivity contribution in [2.45, 2.75) is 19.4 Å². The lowest BCUT2D eigenvalue weighted by atomic mass is 10.3. The van der Waals surface area contributed by atoms with Gasteiger partial charge in [-0.1, -0.05) is 6.92 Å². The zero-order valence-corrected chi connectivity index (χ0v) is 8.44. The SMILES string of the molecule is CC1CC1n1c(N)nc2ccc(F)cc21. The van der Waals surface area contributed by atoms with Crippen molar-refractivity contribution in [3.8, 4) is 0 Å². The maximum atomic E-state index is 13.1. The van der Waals surface area contributed by atoms with E-state index in [1.165, 1.54) is 12.1 Å². The number of fused-ring (bicyclic) bond motifs is 1. The highest BCUT2D eigenvalue weighted by atomic mass is 19.1. The van der Waals surface area contributed by atoms with Gasteiger partial charge in [0, 0.05) is 6.04 Å². The highest BCUT2D eigenvalue weighted by Crippen LogP contribution is 2.45. The van der Waals surface area contributed by atoms with Crippen LogP contribution in [0.1, 0.15) is 19.4 Å². The van der Waals surface area contributed by atoms with Gasteiger partial charge in [-0.2, -0.15) is 0 Å². The molecule has 3 rings (SSSR count). The standard InChI is InChI=1S/C11H12FN3/c1-6-4-9(6)15-10-5-7(12)2-3-8(10)14-11(15)13/h2-3,5-6,9H,4H2,1H3,(H2,13,14). The van der Waals surface area contributed by atoms with Crippen molar-refractivity contribution < 1.29 is 4.39 Å². The highest BCUT2D eigenvalue weighted by Gasteiger charge is 2.36. The minimum Gasteiger partial charge on any atom is -0.369 e. The fourth-order valence-electron chi connectivity index (χ4n) is 2.10. The molecule has 1 aliphatic carbocycles. The topological polar surface area (TPSA) is 43.8 Å². The molecule has 0 spiro atoms. The summed E-state index contributed by atoms with van der Waals surface area (Å²) < 4.78 is 15.1. The van der Waals surface area contributed by atoms with Crippen molar-refractivity contribution in [1.82, 2.24) is 9.55 Å². The Labute approximate surface area is 86.7 Å². The number of rotatable bonds is 1. The van der Waals surface area contributed by atoms with Crippen LogP contribution in [0.3, 0.4) is 0 Å². The molecule has 0 bridgehead atoms. The van der Waals surface area contributed by atoms with Gasteiger partial charge < -0.3 is 10.3 Å². The van der Waals surface area contributed by atoms with Crippen LogP contribution >= 0.6 is 0 Å². The third kappa shape index (κ3) is 1.21. The third-order valence-corrected chi connectivity index (χ3v) is 3.08. The number of imidazole rings is 1. The molecule has 2 N–H and O–H groups in total. The maximum Gasteiger partial charge on any atom is 0.201 e. The predicted molar refractivity (Wildman–Crippen MR) is 56.9 cm³/mol. The summed E-state index contributed by atoms with van der Waals surface area (Å²) in [6, 6.07) is 4.99. The van der Waals surface area contributed by atoms with Gasteiger partial charge in [-0.05, 0) is 30.5 Å². The molecule has 0 aliphatic heterocycles. The molecule has 1 aromatic heterocycles. The molecule has 1 fully saturated rings. The molecule has 0 amide bonds. The highest BCUT2D eigenvalue weighted by molar-refractivity contribution is 5.78. The van der Waals surface area contributed by atoms with Crippen LogP contribution in [0.15, 0.2) is 18.2 Å². The van der Waals surface area contributed by atoms with Gasteiger partial charge in [-0.25, -0.2) is 9.37 Å². The van der Waals surface area contributed by atoms with Crippen molar-refractivity contribution in [1.29, 1.82) is 0 Å². The number of nitrogens with two attached hydrogens (primary N) is 1. The summed E-state index contributed by atoms with van der Waals surface area (Å²) in [4.78, 5) is 4.22. The molecule has 3 nitrogen and oxygen atoms in total. The van der Waals surface area contributed by atoms with Crippen molar-refractivity contribution in [3.63, 3.8) is 0 Å². The number of anilines is 1. The molecule has 4 heteroatoms. The minimum absolute atomic E-state index is 0.239. The summed E-state index contributed by atoms with van der Waals surface area (Å²) >= 11 is 0. The van der Waals surface area contributed by atoms with E-state index in [1.807, 2.05) is 4.57 Å². The Bertz CT molecular complexity index is 532. The number of hydrogen-bond donors (Lipinski definition) is 1. The van der Waals surface area contributed by atoms with Crippen LogP contribution < -0.4 is 5.73 Å². The fraction of sp³-hybridized carbons (Fsp3) is 0.364. The van der Waals surface area contributed by atoms with Crippen molar-refractivity contribution in [3.05, 3.63) is 24.0 Å². The monoisotopic (exact) mass is 205 g/mol. The third-order valence-electron chi connectivity index (χ3n) is 3.08. The Morgan fingerprint density at radius 3 is 2.93 bits per heavy atom. The normalized spacial score (nSPS) is 24.7. The molecule has 1 aliphatic rings. The number of nitrogen functional groups attached to an aromatic ring is 1. The summed E-state index contributed by atoms with van der Waals surface area (Å²) in [5, 5.41) is 0. The summed E-state index contributed by atoms with van der Waals surface area (Å²) in [5.41, 5.74) is 7.41. The van der Waals surface area contributed by atoms with Gasteiger partial charge in [-0.15, -0.1) is 0 Å². The van der Waals surface area contributed by atoms with E-state index in [0.29, 0.717) is 17.9 Å². The Kier molecular flexibility index (Phi) is 1.58. The van der Waals surface area contributed by atoms with E-state index in [9.17, 15) is 4.39 Å². The lowest BCUT2D eigenvalue weighted by molar-refractivity contribution is 0.627. The number of hydrogen-bond acceptors (Lipinski definition) is 2. The molecule has 1 heterocycles. The first-order valence-corrected chi connectivity index (χ1v) is 5.10. The molecule has 2 unspecified atom stereocenters. The lowest BCUT2D eigenvalue weighted by Gasteiger charge is -2.03. The first kappa shape index (κ1) is 8.71. The van der Waals surface area contributed by atoms with Crippen LogP contribution in [0.4, 0.5) is 10.3 Å². The molecular weight excluding hydrogens is 193 g/mol. The average molecular weight is 205 g/mol. The Morgan fingerprint density at radius 1 is 1.53 bits per heavy atom. The van der Waals surface area contributed by atoms with E-state index in [-0.39, 0.29) is 5.82 Å². The van der Waals surface area contributed by atoms with Gasteiger partial charge >= 0.3 is 0 Å². The van der Waals surface area contributed by atoms with Gasteiger partial charge in [0.1, 0.15) is 5.82 Å². The largest absolute Gasteiger partial charge is 0.369 e. The molecule has 2 atom stereocenters. The van der Waals surface area contributed by atoms with Crippen LogP contribution in [0, 0.1) is 11.7 Å². The van der Waals surface area contributed by atoms with Gasteiger partial charge in [-0.3, -0.25) is 0 Å². The zero-order chi connectivity index (χ0) is 10.6. The lowest BCUT2D eigenvalue weighted by Crippen LogP contribution is -2.01. The molecule has 2 aromatic rings. The zero-order valence-electron chi connectivity index (χ0n) is 8.44. The summed E-state index contributed by atoms with van der Waals surface area (Å²) in [6.07, 6.45) is 1.10. The molecule has 15 heavy (non-hydrogen) atoms. The van der Waals surface area contributed by atoms with Crippen molar-refractivity contribution in [2.75, 3.05) is 5.73 Å². The van der Waals surface area contributed by atoms with Crippen LogP contribution in [-0.4, -0.2) is 9.55 Å². The van der Waals surface area contributed by atoms with E-state index in [1.54, 1.807) is 6.07 Å². The van der Waals surface area contributed by atoms with Gasteiger partial charge in [0.25, 0.3) is 0 Å². The van der Waals surface area contributed by atoms with E-state index in [0.717, 1.165) is 17.5 Å². The summed E-state index contributed by atoms with van der Waals surface area (Å²) in [7, 11) is 0. The van der Waals surface area contributed by atoms with Crippen LogP contribution in [-0.2, 0) is 0 Å². The molecule has 78 valence electrons. The van der Waals surface area contributed by atoms with Crippen molar-refractivity contribution in [2.24, 2.45) is 5.92 Å². The predicted octanol–water partition coefficient (Wildman–Crippen LogP) is 2.34. The Balaban J connectivity index is 2.26. The first-order chi connectivity index (χ1) is 7.16. The quantitative estimate of drug-likeness (QED) is 0.776. The maximum absolute atomic E-state index is 13.1. The fourth-order valence-corrected chi connectivity index (χ4v) is 2.10.